The number of nitrogens with zero attached hydrogens (tertiary/aromatic N) is 2. The molecule has 0 bridgehead atoms. The van der Waals surface area contributed by atoms with Crippen molar-refractivity contribution in [3.63, 3.8) is 0 Å². The molecule has 0 saturated carbocycles. The minimum Gasteiger partial charge on any atom is -0.322 e. The lowest BCUT2D eigenvalue weighted by molar-refractivity contribution is 0.102. The fourth-order valence-electron chi connectivity index (χ4n) is 3.27. The molecular formula is C21H27N3O3S. The highest BCUT2D eigenvalue weighted by molar-refractivity contribution is 7.88. The lowest BCUT2D eigenvalue weighted by Gasteiger charge is -2.33. The Morgan fingerprint density at radius 2 is 1.50 bits per heavy atom. The molecule has 1 aliphatic heterocycles. The molecule has 0 unspecified atom stereocenters. The summed E-state index contributed by atoms with van der Waals surface area (Å²) in [6.45, 7) is 5.32. The molecule has 0 atom stereocenters. The Labute approximate surface area is 167 Å². The van der Waals surface area contributed by atoms with Gasteiger partial charge in [-0.1, -0.05) is 31.2 Å². The molecule has 0 aliphatic carbocycles. The van der Waals surface area contributed by atoms with E-state index in [1.165, 1.54) is 16.1 Å². The van der Waals surface area contributed by atoms with Crippen LogP contribution >= 0.6 is 0 Å². The summed E-state index contributed by atoms with van der Waals surface area (Å²) in [6.07, 6.45) is 2.23. The van der Waals surface area contributed by atoms with E-state index in [1.807, 2.05) is 48.5 Å². The third-order valence-corrected chi connectivity index (χ3v) is 6.35. The van der Waals surface area contributed by atoms with Gasteiger partial charge in [-0.05, 0) is 41.8 Å². The van der Waals surface area contributed by atoms with E-state index >= 15 is 0 Å². The summed E-state index contributed by atoms with van der Waals surface area (Å²) < 4.78 is 24.7. The van der Waals surface area contributed by atoms with Gasteiger partial charge in [0.2, 0.25) is 10.0 Å². The van der Waals surface area contributed by atoms with E-state index in [0.29, 0.717) is 31.7 Å². The molecule has 150 valence electrons. The molecule has 7 heteroatoms. The van der Waals surface area contributed by atoms with Gasteiger partial charge in [-0.2, -0.15) is 4.31 Å². The van der Waals surface area contributed by atoms with Crippen molar-refractivity contribution in [1.29, 1.82) is 0 Å². The second-order valence-electron chi connectivity index (χ2n) is 7.14. The average Bonchev–Trinajstić information content (AvgIpc) is 2.69. The summed E-state index contributed by atoms with van der Waals surface area (Å²) in [7, 11) is -3.11. The van der Waals surface area contributed by atoms with Crippen LogP contribution < -0.4 is 5.32 Å². The molecule has 2 aromatic rings. The Morgan fingerprint density at radius 3 is 2.04 bits per heavy atom. The van der Waals surface area contributed by atoms with Gasteiger partial charge in [-0.25, -0.2) is 8.42 Å². The van der Waals surface area contributed by atoms with E-state index in [-0.39, 0.29) is 5.91 Å². The van der Waals surface area contributed by atoms with Crippen LogP contribution in [0.2, 0.25) is 0 Å². The van der Waals surface area contributed by atoms with Gasteiger partial charge in [0, 0.05) is 44.0 Å². The van der Waals surface area contributed by atoms with E-state index in [0.717, 1.165) is 24.2 Å². The standard InChI is InChI=1S/C21H27N3O3S/c1-3-17-6-10-20(11-7-17)22-21(25)19-8-4-18(5-9-19)16-23-12-14-24(15-13-23)28(2,26)27/h4-11H,3,12-16H2,1-2H3,(H,22,25). The molecule has 1 fully saturated rings. The van der Waals surface area contributed by atoms with Gasteiger partial charge in [0.05, 0.1) is 6.26 Å². The second-order valence-corrected chi connectivity index (χ2v) is 9.12. The largest absolute Gasteiger partial charge is 0.322 e. The zero-order valence-electron chi connectivity index (χ0n) is 16.4. The first-order valence-electron chi connectivity index (χ1n) is 9.52. The molecule has 28 heavy (non-hydrogen) atoms. The SMILES string of the molecule is CCc1ccc(NC(=O)c2ccc(CN3CCN(S(C)(=O)=O)CC3)cc2)cc1. The lowest BCUT2D eigenvalue weighted by atomic mass is 10.1. The maximum atomic E-state index is 12.4. The Balaban J connectivity index is 1.54. The Bertz CT molecular complexity index is 901. The van der Waals surface area contributed by atoms with Crippen molar-refractivity contribution in [2.24, 2.45) is 0 Å². The predicted molar refractivity (Wildman–Crippen MR) is 112 cm³/mol. The van der Waals surface area contributed by atoms with Crippen LogP contribution in [0.25, 0.3) is 0 Å². The summed E-state index contributed by atoms with van der Waals surface area (Å²) in [6, 6.07) is 15.4. The number of nitrogens with one attached hydrogen (secondary N) is 1. The highest BCUT2D eigenvalue weighted by atomic mass is 32.2. The van der Waals surface area contributed by atoms with Gasteiger partial charge in [0.15, 0.2) is 0 Å². The van der Waals surface area contributed by atoms with Gasteiger partial charge >= 0.3 is 0 Å². The van der Waals surface area contributed by atoms with Gasteiger partial charge in [-0.3, -0.25) is 9.69 Å². The number of hydrogen-bond donors (Lipinski definition) is 1. The van der Waals surface area contributed by atoms with Crippen molar-refractivity contribution >= 4 is 21.6 Å². The second kappa shape index (κ2) is 8.86. The normalized spacial score (nSPS) is 16.1. The summed E-state index contributed by atoms with van der Waals surface area (Å²) in [5.41, 5.74) is 3.75. The number of carbonyl (C=O) groups is 1. The van der Waals surface area contributed by atoms with Gasteiger partial charge in [0.1, 0.15) is 0 Å². The van der Waals surface area contributed by atoms with Crippen molar-refractivity contribution in [2.75, 3.05) is 37.8 Å². The van der Waals surface area contributed by atoms with E-state index < -0.39 is 10.0 Å². The van der Waals surface area contributed by atoms with Crippen molar-refractivity contribution in [2.45, 2.75) is 19.9 Å². The third kappa shape index (κ3) is 5.41. The molecule has 6 nitrogen and oxygen atoms in total. The molecule has 1 heterocycles. The van der Waals surface area contributed by atoms with E-state index in [1.54, 1.807) is 0 Å². The monoisotopic (exact) mass is 401 g/mol. The highest BCUT2D eigenvalue weighted by Crippen LogP contribution is 2.14. The molecule has 3 rings (SSSR count). The van der Waals surface area contributed by atoms with Gasteiger partial charge < -0.3 is 5.32 Å². The molecule has 1 saturated heterocycles. The maximum Gasteiger partial charge on any atom is 0.255 e. The maximum absolute atomic E-state index is 12.4. The Hall–Kier alpha value is -2.22. The number of aryl methyl sites for hydroxylation is 1. The van der Waals surface area contributed by atoms with Crippen LogP contribution in [0.15, 0.2) is 48.5 Å². The van der Waals surface area contributed by atoms with Crippen molar-refractivity contribution in [3.05, 3.63) is 65.2 Å². The third-order valence-electron chi connectivity index (χ3n) is 5.04. The molecule has 2 aromatic carbocycles. The Kier molecular flexibility index (Phi) is 6.49. The van der Waals surface area contributed by atoms with Crippen LogP contribution in [-0.2, 0) is 23.0 Å². The lowest BCUT2D eigenvalue weighted by Crippen LogP contribution is -2.47. The summed E-state index contributed by atoms with van der Waals surface area (Å²) in [5, 5.41) is 2.92. The number of benzene rings is 2. The minimum atomic E-state index is -3.11. The number of amides is 1. The summed E-state index contributed by atoms with van der Waals surface area (Å²) in [5.74, 6) is -0.127. The van der Waals surface area contributed by atoms with E-state index in [4.69, 9.17) is 0 Å². The zero-order valence-corrected chi connectivity index (χ0v) is 17.2. The molecule has 0 radical (unpaired) electrons. The van der Waals surface area contributed by atoms with Crippen LogP contribution in [0.3, 0.4) is 0 Å². The number of anilines is 1. The van der Waals surface area contributed by atoms with Gasteiger partial charge in [-0.15, -0.1) is 0 Å². The van der Waals surface area contributed by atoms with E-state index in [2.05, 4.69) is 17.1 Å². The van der Waals surface area contributed by atoms with Crippen molar-refractivity contribution in [3.8, 4) is 0 Å². The molecule has 0 spiro atoms. The molecule has 1 amide bonds. The van der Waals surface area contributed by atoms with Crippen LogP contribution in [0.4, 0.5) is 5.69 Å². The first kappa shape index (κ1) is 20.5. The summed E-state index contributed by atoms with van der Waals surface area (Å²) in [4.78, 5) is 14.6. The smallest absolute Gasteiger partial charge is 0.255 e. The number of piperazine rings is 1. The zero-order chi connectivity index (χ0) is 20.1. The van der Waals surface area contributed by atoms with Crippen LogP contribution in [0, 0.1) is 0 Å². The van der Waals surface area contributed by atoms with Crippen molar-refractivity contribution < 1.29 is 13.2 Å². The number of carbonyl (C=O) groups excluding carboxylic acids is 1. The summed E-state index contributed by atoms with van der Waals surface area (Å²) >= 11 is 0. The highest BCUT2D eigenvalue weighted by Gasteiger charge is 2.23. The fraction of sp³-hybridized carbons (Fsp3) is 0.381. The molecule has 1 aliphatic rings. The number of hydrogen-bond acceptors (Lipinski definition) is 4. The average molecular weight is 402 g/mol. The number of rotatable bonds is 6. The fourth-order valence-corrected chi connectivity index (χ4v) is 4.09. The molecule has 1 N–H and O–H groups in total. The first-order valence-corrected chi connectivity index (χ1v) is 11.4. The molecular weight excluding hydrogens is 374 g/mol. The van der Waals surface area contributed by atoms with Crippen LogP contribution in [0.1, 0.15) is 28.4 Å². The topological polar surface area (TPSA) is 69.7 Å². The van der Waals surface area contributed by atoms with Crippen molar-refractivity contribution in [1.82, 2.24) is 9.21 Å². The Morgan fingerprint density at radius 1 is 0.929 bits per heavy atom. The molecule has 0 aromatic heterocycles. The van der Waals surface area contributed by atoms with Crippen LogP contribution in [0.5, 0.6) is 0 Å². The predicted octanol–water partition coefficient (Wildman–Crippen LogP) is 2.58. The minimum absolute atomic E-state index is 0.127. The van der Waals surface area contributed by atoms with Gasteiger partial charge in [0.25, 0.3) is 5.91 Å². The van der Waals surface area contributed by atoms with E-state index in [9.17, 15) is 13.2 Å². The van der Waals surface area contributed by atoms with Crippen LogP contribution in [-0.4, -0.2) is 56.0 Å². The first-order chi connectivity index (χ1) is 13.3. The quantitative estimate of drug-likeness (QED) is 0.808. The number of sulfonamides is 1.